The zero-order valence-corrected chi connectivity index (χ0v) is 20.9. The summed E-state index contributed by atoms with van der Waals surface area (Å²) in [4.78, 5) is 28.7. The van der Waals surface area contributed by atoms with Crippen molar-refractivity contribution in [3.05, 3.63) is 106 Å². The van der Waals surface area contributed by atoms with Crippen LogP contribution in [0.25, 0.3) is 0 Å². The highest BCUT2D eigenvalue weighted by Gasteiger charge is 2.30. The van der Waals surface area contributed by atoms with Crippen molar-refractivity contribution in [1.82, 2.24) is 10.2 Å². The van der Waals surface area contributed by atoms with E-state index in [9.17, 15) is 9.59 Å². The first-order valence-corrected chi connectivity index (χ1v) is 12.3. The molecule has 0 saturated heterocycles. The van der Waals surface area contributed by atoms with E-state index in [0.29, 0.717) is 23.0 Å². The molecule has 178 valence electrons. The monoisotopic (exact) mass is 496 g/mol. The fraction of sp³-hybridized carbons (Fsp3) is 0.286. The second-order valence-corrected chi connectivity index (χ2v) is 9.10. The van der Waals surface area contributed by atoms with Crippen LogP contribution in [0.4, 0.5) is 0 Å². The van der Waals surface area contributed by atoms with Crippen LogP contribution >= 0.6 is 23.2 Å². The summed E-state index contributed by atoms with van der Waals surface area (Å²) in [5.74, 6) is -0.275. The van der Waals surface area contributed by atoms with Crippen molar-refractivity contribution in [2.45, 2.75) is 45.2 Å². The first-order chi connectivity index (χ1) is 16.5. The third kappa shape index (κ3) is 7.61. The zero-order valence-electron chi connectivity index (χ0n) is 19.3. The number of hydrogen-bond acceptors (Lipinski definition) is 2. The van der Waals surface area contributed by atoms with Crippen molar-refractivity contribution in [3.63, 3.8) is 0 Å². The molecule has 0 unspecified atom stereocenters. The second kappa shape index (κ2) is 13.2. The summed E-state index contributed by atoms with van der Waals surface area (Å²) in [5, 5.41) is 3.90. The van der Waals surface area contributed by atoms with Crippen LogP contribution in [0.15, 0.2) is 78.9 Å². The van der Waals surface area contributed by atoms with Gasteiger partial charge < -0.3 is 10.2 Å². The fourth-order valence-electron chi connectivity index (χ4n) is 3.77. The topological polar surface area (TPSA) is 49.4 Å². The average molecular weight is 497 g/mol. The van der Waals surface area contributed by atoms with E-state index in [0.717, 1.165) is 29.5 Å². The lowest BCUT2D eigenvalue weighted by Crippen LogP contribution is -2.51. The van der Waals surface area contributed by atoms with E-state index in [1.54, 1.807) is 17.0 Å². The molecule has 0 spiro atoms. The van der Waals surface area contributed by atoms with Gasteiger partial charge in [-0.25, -0.2) is 0 Å². The molecule has 1 N–H and O–H groups in total. The molecule has 0 fully saturated rings. The molecule has 0 aliphatic rings. The van der Waals surface area contributed by atoms with Gasteiger partial charge in [0.2, 0.25) is 11.8 Å². The van der Waals surface area contributed by atoms with Gasteiger partial charge in [-0.1, -0.05) is 103 Å². The molecular formula is C28H30Cl2N2O2. The Labute approximate surface area is 211 Å². The molecule has 0 aliphatic carbocycles. The SMILES string of the molecule is CCCCNC(=O)[C@H](Cc1ccccc1)N(Cc1ccc(Cl)c(Cl)c1)C(=O)Cc1ccccc1. The van der Waals surface area contributed by atoms with Gasteiger partial charge in [0.15, 0.2) is 0 Å². The molecule has 0 bridgehead atoms. The number of nitrogens with zero attached hydrogens (tertiary/aromatic N) is 1. The van der Waals surface area contributed by atoms with Crippen molar-refractivity contribution in [2.75, 3.05) is 6.54 Å². The molecule has 1 atom stereocenters. The largest absolute Gasteiger partial charge is 0.354 e. The van der Waals surface area contributed by atoms with E-state index in [2.05, 4.69) is 12.2 Å². The van der Waals surface area contributed by atoms with Crippen molar-refractivity contribution in [1.29, 1.82) is 0 Å². The van der Waals surface area contributed by atoms with E-state index >= 15 is 0 Å². The van der Waals surface area contributed by atoms with Crippen LogP contribution in [-0.4, -0.2) is 29.3 Å². The molecule has 6 heteroatoms. The highest BCUT2D eigenvalue weighted by molar-refractivity contribution is 6.42. The number of halogens is 2. The Morgan fingerprint density at radius 2 is 1.50 bits per heavy atom. The summed E-state index contributed by atoms with van der Waals surface area (Å²) in [6, 6.07) is 24.0. The van der Waals surface area contributed by atoms with E-state index in [-0.39, 0.29) is 24.8 Å². The van der Waals surface area contributed by atoms with Crippen molar-refractivity contribution in [3.8, 4) is 0 Å². The Balaban J connectivity index is 1.94. The Morgan fingerprint density at radius 1 is 0.853 bits per heavy atom. The number of carbonyl (C=O) groups is 2. The standard InChI is InChI=1S/C28H30Cl2N2O2/c1-2-3-16-31-28(34)26(18-21-10-6-4-7-11-21)32(20-23-14-15-24(29)25(30)17-23)27(33)19-22-12-8-5-9-13-22/h4-15,17,26H,2-3,16,18-20H2,1H3,(H,31,34)/t26-/m0/s1. The normalized spacial score (nSPS) is 11.6. The minimum absolute atomic E-state index is 0.121. The van der Waals surface area contributed by atoms with Gasteiger partial charge in [-0.3, -0.25) is 9.59 Å². The van der Waals surface area contributed by atoms with Crippen LogP contribution < -0.4 is 5.32 Å². The Hall–Kier alpha value is -2.82. The Bertz CT molecular complexity index is 1070. The minimum Gasteiger partial charge on any atom is -0.354 e. The van der Waals surface area contributed by atoms with Crippen LogP contribution in [0.2, 0.25) is 10.0 Å². The number of benzene rings is 3. The highest BCUT2D eigenvalue weighted by atomic mass is 35.5. The summed E-state index contributed by atoms with van der Waals surface area (Å²) in [6.45, 7) is 2.91. The zero-order chi connectivity index (χ0) is 24.3. The lowest BCUT2D eigenvalue weighted by Gasteiger charge is -2.32. The number of amides is 2. The molecule has 0 heterocycles. The second-order valence-electron chi connectivity index (χ2n) is 8.28. The van der Waals surface area contributed by atoms with Crippen molar-refractivity contribution < 1.29 is 9.59 Å². The van der Waals surface area contributed by atoms with Gasteiger partial charge in [0.05, 0.1) is 16.5 Å². The molecule has 3 rings (SSSR count). The van der Waals surface area contributed by atoms with Crippen LogP contribution in [0, 0.1) is 0 Å². The Morgan fingerprint density at radius 3 is 2.12 bits per heavy atom. The summed E-state index contributed by atoms with van der Waals surface area (Å²) in [5.41, 5.74) is 2.71. The van der Waals surface area contributed by atoms with Crippen LogP contribution in [-0.2, 0) is 29.0 Å². The first-order valence-electron chi connectivity index (χ1n) is 11.6. The third-order valence-corrected chi connectivity index (χ3v) is 6.37. The summed E-state index contributed by atoms with van der Waals surface area (Å²) in [6.07, 6.45) is 2.48. The molecule has 3 aromatic rings. The molecule has 0 aromatic heterocycles. The summed E-state index contributed by atoms with van der Waals surface area (Å²) in [7, 11) is 0. The molecule has 0 saturated carbocycles. The van der Waals surface area contributed by atoms with Crippen molar-refractivity contribution >= 4 is 35.0 Å². The number of hydrogen-bond donors (Lipinski definition) is 1. The number of carbonyl (C=O) groups excluding carboxylic acids is 2. The summed E-state index contributed by atoms with van der Waals surface area (Å²) >= 11 is 12.4. The van der Waals surface area contributed by atoms with Crippen LogP contribution in [0.3, 0.4) is 0 Å². The van der Waals surface area contributed by atoms with Crippen LogP contribution in [0.5, 0.6) is 0 Å². The molecule has 34 heavy (non-hydrogen) atoms. The maximum atomic E-state index is 13.6. The quantitative estimate of drug-likeness (QED) is 0.326. The molecule has 3 aromatic carbocycles. The molecule has 0 radical (unpaired) electrons. The number of unbranched alkanes of at least 4 members (excludes halogenated alkanes) is 1. The van der Waals surface area contributed by atoms with Crippen molar-refractivity contribution in [2.24, 2.45) is 0 Å². The first kappa shape index (κ1) is 25.8. The van der Waals surface area contributed by atoms with Gasteiger partial charge in [-0.2, -0.15) is 0 Å². The van der Waals surface area contributed by atoms with Gasteiger partial charge >= 0.3 is 0 Å². The fourth-order valence-corrected chi connectivity index (χ4v) is 4.09. The van der Waals surface area contributed by atoms with E-state index < -0.39 is 6.04 Å². The predicted molar refractivity (Wildman–Crippen MR) is 139 cm³/mol. The maximum Gasteiger partial charge on any atom is 0.243 e. The number of nitrogens with one attached hydrogen (secondary N) is 1. The highest BCUT2D eigenvalue weighted by Crippen LogP contribution is 2.24. The van der Waals surface area contributed by atoms with Crippen LogP contribution in [0.1, 0.15) is 36.5 Å². The summed E-state index contributed by atoms with van der Waals surface area (Å²) < 4.78 is 0. The van der Waals surface area contributed by atoms with Gasteiger partial charge in [0.25, 0.3) is 0 Å². The van der Waals surface area contributed by atoms with E-state index in [1.807, 2.05) is 66.7 Å². The van der Waals surface area contributed by atoms with Gasteiger partial charge in [-0.15, -0.1) is 0 Å². The molecular weight excluding hydrogens is 467 g/mol. The van der Waals surface area contributed by atoms with Gasteiger partial charge in [0, 0.05) is 19.5 Å². The molecule has 0 aliphatic heterocycles. The molecule has 2 amide bonds. The predicted octanol–water partition coefficient (Wildman–Crippen LogP) is 6.09. The molecule has 4 nitrogen and oxygen atoms in total. The van der Waals surface area contributed by atoms with E-state index in [4.69, 9.17) is 23.2 Å². The Kier molecular flexibility index (Phi) is 9.99. The lowest BCUT2D eigenvalue weighted by molar-refractivity contribution is -0.140. The maximum absolute atomic E-state index is 13.6. The third-order valence-electron chi connectivity index (χ3n) is 5.64. The van der Waals surface area contributed by atoms with Gasteiger partial charge in [-0.05, 0) is 35.2 Å². The smallest absolute Gasteiger partial charge is 0.243 e. The minimum atomic E-state index is -0.662. The average Bonchev–Trinajstić information content (AvgIpc) is 2.84. The van der Waals surface area contributed by atoms with Gasteiger partial charge in [0.1, 0.15) is 6.04 Å². The lowest BCUT2D eigenvalue weighted by atomic mass is 10.0. The van der Waals surface area contributed by atoms with E-state index in [1.165, 1.54) is 0 Å². The number of rotatable bonds is 11.